The SMILES string of the molecule is CC(=O)NCCNCc1cc(Cl)c(Oc2ncnc3c(-c4ccc5c(c4)OCCO5)cccc23)cc1OCc1ccc2ccc(=O)oc2c1. The lowest BCUT2D eigenvalue weighted by Crippen LogP contribution is -2.30. The fraction of sp³-hybridized carbons (Fsp3) is 0.189. The van der Waals surface area contributed by atoms with E-state index in [1.54, 1.807) is 24.3 Å². The number of nitrogens with zero attached hydrogens (tertiary/aromatic N) is 2. The van der Waals surface area contributed by atoms with Crippen LogP contribution in [-0.4, -0.2) is 42.2 Å². The van der Waals surface area contributed by atoms with E-state index in [1.165, 1.54) is 19.3 Å². The number of aromatic nitrogens is 2. The zero-order valence-corrected chi connectivity index (χ0v) is 27.2. The molecule has 0 spiro atoms. The topological polar surface area (TPSA) is 134 Å². The van der Waals surface area contributed by atoms with E-state index >= 15 is 0 Å². The summed E-state index contributed by atoms with van der Waals surface area (Å²) in [4.78, 5) is 32.1. The van der Waals surface area contributed by atoms with Crippen molar-refractivity contribution in [2.45, 2.75) is 20.1 Å². The van der Waals surface area contributed by atoms with E-state index in [-0.39, 0.29) is 12.5 Å². The molecule has 0 atom stereocenters. The molecular formula is C37H31ClN4O7. The normalized spacial score (nSPS) is 12.2. The smallest absolute Gasteiger partial charge is 0.336 e. The Kier molecular flexibility index (Phi) is 9.27. The predicted molar refractivity (Wildman–Crippen MR) is 185 cm³/mol. The van der Waals surface area contributed by atoms with Gasteiger partial charge >= 0.3 is 5.63 Å². The molecule has 0 fully saturated rings. The Morgan fingerprint density at radius 3 is 2.65 bits per heavy atom. The highest BCUT2D eigenvalue weighted by Gasteiger charge is 2.18. The summed E-state index contributed by atoms with van der Waals surface area (Å²) in [7, 11) is 0. The van der Waals surface area contributed by atoms with Crippen molar-refractivity contribution in [1.29, 1.82) is 0 Å². The summed E-state index contributed by atoms with van der Waals surface area (Å²) in [5.41, 5.74) is 4.12. The first-order valence-corrected chi connectivity index (χ1v) is 16.0. The van der Waals surface area contributed by atoms with Gasteiger partial charge in [-0.1, -0.05) is 41.9 Å². The van der Waals surface area contributed by atoms with Gasteiger partial charge < -0.3 is 34.0 Å². The van der Waals surface area contributed by atoms with Gasteiger partial charge in [-0.3, -0.25) is 4.79 Å². The Balaban J connectivity index is 1.18. The Hall–Kier alpha value is -5.65. The van der Waals surface area contributed by atoms with Crippen LogP contribution in [0.4, 0.5) is 0 Å². The van der Waals surface area contributed by atoms with Crippen LogP contribution < -0.4 is 35.2 Å². The van der Waals surface area contributed by atoms with Gasteiger partial charge in [0.1, 0.15) is 37.5 Å². The molecule has 4 aromatic carbocycles. The molecule has 0 bridgehead atoms. The first kappa shape index (κ1) is 31.9. The Bertz CT molecular complexity index is 2240. The van der Waals surface area contributed by atoms with Gasteiger partial charge in [0.05, 0.1) is 15.9 Å². The molecule has 2 aromatic heterocycles. The molecule has 0 unspecified atom stereocenters. The van der Waals surface area contributed by atoms with Crippen LogP contribution in [-0.2, 0) is 17.9 Å². The standard InChI is InChI=1S/C37H31ClN4O7/c1-22(43)40-12-11-39-19-26-16-29(38)33(18-31(26)47-20-23-5-6-24-8-10-35(44)48-32(24)15-23)49-37-28-4-2-3-27(36(28)41-21-42-37)25-7-9-30-34(17-25)46-14-13-45-30/h2-10,15-18,21,39H,11-14,19-20H2,1H3,(H,40,43). The zero-order chi connectivity index (χ0) is 33.7. The molecule has 49 heavy (non-hydrogen) atoms. The van der Waals surface area contributed by atoms with Crippen LogP contribution in [0.25, 0.3) is 33.0 Å². The Morgan fingerprint density at radius 2 is 1.78 bits per heavy atom. The summed E-state index contributed by atoms with van der Waals surface area (Å²) in [5, 5.41) is 7.93. The number of carbonyl (C=O) groups excluding carboxylic acids is 1. The third kappa shape index (κ3) is 7.28. The Labute approximate surface area is 285 Å². The van der Waals surface area contributed by atoms with Crippen molar-refractivity contribution < 1.29 is 28.2 Å². The van der Waals surface area contributed by atoms with Crippen molar-refractivity contribution in [3.05, 3.63) is 112 Å². The van der Waals surface area contributed by atoms with Crippen LogP contribution in [0.3, 0.4) is 0 Å². The van der Waals surface area contributed by atoms with Crippen LogP contribution in [0.5, 0.6) is 28.9 Å². The fourth-order valence-electron chi connectivity index (χ4n) is 5.53. The molecule has 2 N–H and O–H groups in total. The van der Waals surface area contributed by atoms with E-state index in [9.17, 15) is 9.59 Å². The third-order valence-corrected chi connectivity index (χ3v) is 8.17. The minimum Gasteiger partial charge on any atom is -0.488 e. The van der Waals surface area contributed by atoms with E-state index in [0.29, 0.717) is 83.2 Å². The maximum atomic E-state index is 11.8. The van der Waals surface area contributed by atoms with Crippen molar-refractivity contribution >= 4 is 39.4 Å². The number of ether oxygens (including phenoxy) is 4. The highest BCUT2D eigenvalue weighted by molar-refractivity contribution is 6.32. The fourth-order valence-corrected chi connectivity index (χ4v) is 5.75. The molecule has 12 heteroatoms. The van der Waals surface area contributed by atoms with Gasteiger partial charge in [-0.25, -0.2) is 14.8 Å². The van der Waals surface area contributed by atoms with Crippen molar-refractivity contribution in [3.63, 3.8) is 0 Å². The average molecular weight is 679 g/mol. The maximum absolute atomic E-state index is 11.8. The van der Waals surface area contributed by atoms with Gasteiger partial charge in [0.2, 0.25) is 11.8 Å². The molecule has 0 saturated carbocycles. The molecular weight excluding hydrogens is 648 g/mol. The van der Waals surface area contributed by atoms with Gasteiger partial charge in [-0.05, 0) is 47.5 Å². The summed E-state index contributed by atoms with van der Waals surface area (Å²) in [6.45, 7) is 4.09. The summed E-state index contributed by atoms with van der Waals surface area (Å²) < 4.78 is 29.5. The monoisotopic (exact) mass is 678 g/mol. The lowest BCUT2D eigenvalue weighted by Gasteiger charge is -2.19. The molecule has 6 aromatic rings. The number of hydrogen-bond donors (Lipinski definition) is 2. The van der Waals surface area contributed by atoms with E-state index in [1.807, 2.05) is 48.5 Å². The number of rotatable bonds is 11. The summed E-state index contributed by atoms with van der Waals surface area (Å²) in [6.07, 6.45) is 1.45. The molecule has 0 saturated heterocycles. The van der Waals surface area contributed by atoms with Crippen molar-refractivity contribution in [2.24, 2.45) is 0 Å². The van der Waals surface area contributed by atoms with Crippen molar-refractivity contribution in [1.82, 2.24) is 20.6 Å². The number of para-hydroxylation sites is 1. The third-order valence-electron chi connectivity index (χ3n) is 7.88. The molecule has 1 aliphatic rings. The highest BCUT2D eigenvalue weighted by atomic mass is 35.5. The number of carbonyl (C=O) groups is 1. The van der Waals surface area contributed by atoms with Gasteiger partial charge in [0, 0.05) is 55.2 Å². The van der Waals surface area contributed by atoms with Crippen LogP contribution in [0, 0.1) is 0 Å². The van der Waals surface area contributed by atoms with E-state index < -0.39 is 5.63 Å². The summed E-state index contributed by atoms with van der Waals surface area (Å²) in [5.74, 6) is 2.48. The number of fused-ring (bicyclic) bond motifs is 3. The summed E-state index contributed by atoms with van der Waals surface area (Å²) in [6, 6.07) is 23.8. The minimum absolute atomic E-state index is 0.0998. The minimum atomic E-state index is -0.423. The second-order valence-electron chi connectivity index (χ2n) is 11.3. The number of halogens is 1. The van der Waals surface area contributed by atoms with Gasteiger partial charge in [-0.15, -0.1) is 0 Å². The lowest BCUT2D eigenvalue weighted by molar-refractivity contribution is -0.118. The van der Waals surface area contributed by atoms with Gasteiger partial charge in [0.15, 0.2) is 17.2 Å². The predicted octanol–water partition coefficient (Wildman–Crippen LogP) is 6.42. The van der Waals surface area contributed by atoms with Crippen LogP contribution in [0.1, 0.15) is 18.1 Å². The number of nitrogens with one attached hydrogen (secondary N) is 2. The van der Waals surface area contributed by atoms with Crippen LogP contribution in [0.2, 0.25) is 5.02 Å². The number of amides is 1. The molecule has 3 heterocycles. The van der Waals surface area contributed by atoms with E-state index in [4.69, 9.17) is 35.0 Å². The second kappa shape index (κ2) is 14.2. The first-order valence-electron chi connectivity index (χ1n) is 15.7. The molecule has 0 aliphatic carbocycles. The zero-order valence-electron chi connectivity index (χ0n) is 26.5. The second-order valence-corrected chi connectivity index (χ2v) is 11.7. The first-order chi connectivity index (χ1) is 23.9. The number of benzene rings is 4. The van der Waals surface area contributed by atoms with E-state index in [2.05, 4.69) is 20.6 Å². The molecule has 1 aliphatic heterocycles. The molecule has 1 amide bonds. The van der Waals surface area contributed by atoms with Crippen LogP contribution in [0.15, 0.2) is 94.4 Å². The van der Waals surface area contributed by atoms with Gasteiger partial charge in [0.25, 0.3) is 0 Å². The highest BCUT2D eigenvalue weighted by Crippen LogP contribution is 2.40. The quantitative estimate of drug-likeness (QED) is 0.117. The maximum Gasteiger partial charge on any atom is 0.336 e. The molecule has 248 valence electrons. The summed E-state index contributed by atoms with van der Waals surface area (Å²) >= 11 is 6.80. The molecule has 0 radical (unpaired) electrons. The van der Waals surface area contributed by atoms with E-state index in [0.717, 1.165) is 27.6 Å². The lowest BCUT2D eigenvalue weighted by atomic mass is 10.0. The molecule has 11 nitrogen and oxygen atoms in total. The number of hydrogen-bond acceptors (Lipinski definition) is 10. The molecule has 7 rings (SSSR count). The average Bonchev–Trinajstić information content (AvgIpc) is 3.11. The Morgan fingerprint density at radius 1 is 0.918 bits per heavy atom. The van der Waals surface area contributed by atoms with Gasteiger partial charge in [-0.2, -0.15) is 0 Å². The van der Waals surface area contributed by atoms with Crippen LogP contribution >= 0.6 is 11.6 Å². The van der Waals surface area contributed by atoms with Crippen molar-refractivity contribution in [2.75, 3.05) is 26.3 Å². The largest absolute Gasteiger partial charge is 0.488 e. The van der Waals surface area contributed by atoms with Crippen molar-refractivity contribution in [3.8, 4) is 40.0 Å².